The normalized spacial score (nSPS) is 23.5. The molecular weight excluding hydrogens is 392 g/mol. The molecule has 5 heteroatoms. The van der Waals surface area contributed by atoms with E-state index in [4.69, 9.17) is 18.9 Å². The minimum atomic E-state index is -1.08. The van der Waals surface area contributed by atoms with E-state index >= 15 is 0 Å². The minimum Gasteiger partial charge on any atom is -0.368 e. The van der Waals surface area contributed by atoms with E-state index in [1.807, 2.05) is 91.0 Å². The van der Waals surface area contributed by atoms with Crippen LogP contribution in [0.2, 0.25) is 0 Å². The van der Waals surface area contributed by atoms with Crippen molar-refractivity contribution in [1.82, 2.24) is 0 Å². The summed E-state index contributed by atoms with van der Waals surface area (Å²) in [6, 6.07) is 29.8. The summed E-state index contributed by atoms with van der Waals surface area (Å²) in [6.45, 7) is 1.41. The highest BCUT2D eigenvalue weighted by Gasteiger charge is 2.42. The van der Waals surface area contributed by atoms with E-state index in [0.29, 0.717) is 19.8 Å². The lowest BCUT2D eigenvalue weighted by Crippen LogP contribution is -2.56. The van der Waals surface area contributed by atoms with Crippen molar-refractivity contribution in [2.45, 2.75) is 44.4 Å². The Labute approximate surface area is 183 Å². The van der Waals surface area contributed by atoms with Gasteiger partial charge in [0.2, 0.25) is 0 Å². The number of rotatable bonds is 9. The van der Waals surface area contributed by atoms with Crippen molar-refractivity contribution in [3.8, 4) is 0 Å². The molecule has 1 aliphatic heterocycles. The Bertz CT molecular complexity index is 887. The van der Waals surface area contributed by atoms with Crippen LogP contribution < -0.4 is 0 Å². The first-order chi connectivity index (χ1) is 15.3. The van der Waals surface area contributed by atoms with Crippen molar-refractivity contribution in [2.24, 2.45) is 0 Å². The summed E-state index contributed by atoms with van der Waals surface area (Å²) >= 11 is 0. The molecule has 0 radical (unpaired) electrons. The molecule has 1 N–H and O–H groups in total. The predicted molar refractivity (Wildman–Crippen MR) is 117 cm³/mol. The third kappa shape index (κ3) is 6.23. The van der Waals surface area contributed by atoms with Crippen LogP contribution in [0.4, 0.5) is 0 Å². The summed E-state index contributed by atoms with van der Waals surface area (Å²) in [5, 5.41) is 10.5. The zero-order chi connectivity index (χ0) is 21.3. The van der Waals surface area contributed by atoms with Gasteiger partial charge in [-0.05, 0) is 16.7 Å². The maximum Gasteiger partial charge on any atom is 0.183 e. The maximum absolute atomic E-state index is 10.5. The Hall–Kier alpha value is -2.54. The number of hydrogen-bond acceptors (Lipinski definition) is 5. The monoisotopic (exact) mass is 420 g/mol. The molecule has 4 rings (SSSR count). The van der Waals surface area contributed by atoms with Crippen LogP contribution >= 0.6 is 0 Å². The summed E-state index contributed by atoms with van der Waals surface area (Å²) in [5.41, 5.74) is 3.13. The third-order valence-electron chi connectivity index (χ3n) is 5.28. The van der Waals surface area contributed by atoms with Gasteiger partial charge in [-0.25, -0.2) is 0 Å². The van der Waals surface area contributed by atoms with E-state index in [1.54, 1.807) is 0 Å². The van der Waals surface area contributed by atoms with Gasteiger partial charge in [-0.3, -0.25) is 0 Å². The summed E-state index contributed by atoms with van der Waals surface area (Å²) in [4.78, 5) is 0. The second-order valence-corrected chi connectivity index (χ2v) is 7.58. The molecule has 1 fully saturated rings. The number of aliphatic hydroxyl groups excluding tert-OH is 1. The van der Waals surface area contributed by atoms with E-state index in [2.05, 4.69) is 0 Å². The maximum atomic E-state index is 10.5. The molecule has 5 nitrogen and oxygen atoms in total. The van der Waals surface area contributed by atoms with Crippen LogP contribution in [-0.2, 0) is 38.8 Å². The van der Waals surface area contributed by atoms with Gasteiger partial charge < -0.3 is 24.1 Å². The van der Waals surface area contributed by atoms with Crippen molar-refractivity contribution in [1.29, 1.82) is 0 Å². The first-order valence-electron chi connectivity index (χ1n) is 10.6. The molecule has 4 atom stereocenters. The van der Waals surface area contributed by atoms with Gasteiger partial charge in [0, 0.05) is 0 Å². The lowest BCUT2D eigenvalue weighted by atomic mass is 10.0. The lowest BCUT2D eigenvalue weighted by Gasteiger charge is -2.40. The molecule has 162 valence electrons. The quantitative estimate of drug-likeness (QED) is 0.565. The average molecular weight is 421 g/mol. The van der Waals surface area contributed by atoms with E-state index in [-0.39, 0.29) is 12.7 Å². The van der Waals surface area contributed by atoms with Gasteiger partial charge in [0.1, 0.15) is 18.3 Å². The van der Waals surface area contributed by atoms with E-state index in [9.17, 15) is 5.11 Å². The van der Waals surface area contributed by atoms with Crippen LogP contribution in [-0.4, -0.2) is 36.3 Å². The van der Waals surface area contributed by atoms with Crippen LogP contribution in [0, 0.1) is 0 Å². The van der Waals surface area contributed by atoms with Gasteiger partial charge in [-0.1, -0.05) is 91.0 Å². The van der Waals surface area contributed by atoms with Crippen LogP contribution in [0.25, 0.3) is 0 Å². The molecule has 1 aliphatic rings. The highest BCUT2D eigenvalue weighted by molar-refractivity contribution is 5.15. The van der Waals surface area contributed by atoms with Crippen LogP contribution in [0.1, 0.15) is 16.7 Å². The fraction of sp³-hybridized carbons (Fsp3) is 0.308. The van der Waals surface area contributed by atoms with Crippen molar-refractivity contribution < 1.29 is 24.1 Å². The molecule has 0 aliphatic carbocycles. The summed E-state index contributed by atoms with van der Waals surface area (Å²) in [7, 11) is 0. The molecule has 1 heterocycles. The molecule has 3 aromatic rings. The van der Waals surface area contributed by atoms with Gasteiger partial charge in [0.05, 0.1) is 26.4 Å². The smallest absolute Gasteiger partial charge is 0.183 e. The SMILES string of the molecule is O[C@H]1OC[C@H](OCc2ccccc2)[C@@H](OCc2ccccc2)[C@H]1OCc1ccccc1. The molecular formula is C26H28O5. The van der Waals surface area contributed by atoms with E-state index in [0.717, 1.165) is 16.7 Å². The number of aliphatic hydroxyl groups is 1. The largest absolute Gasteiger partial charge is 0.368 e. The molecule has 0 unspecified atom stereocenters. The molecule has 1 saturated heterocycles. The Morgan fingerprint density at radius 1 is 0.613 bits per heavy atom. The fourth-order valence-electron chi connectivity index (χ4n) is 3.59. The average Bonchev–Trinajstić information content (AvgIpc) is 2.83. The van der Waals surface area contributed by atoms with Gasteiger partial charge in [-0.2, -0.15) is 0 Å². The molecule has 0 spiro atoms. The molecule has 0 amide bonds. The van der Waals surface area contributed by atoms with Crippen LogP contribution in [0.5, 0.6) is 0 Å². The van der Waals surface area contributed by atoms with Crippen molar-refractivity contribution >= 4 is 0 Å². The number of ether oxygens (including phenoxy) is 4. The number of benzene rings is 3. The van der Waals surface area contributed by atoms with Crippen molar-refractivity contribution in [2.75, 3.05) is 6.61 Å². The molecule has 3 aromatic carbocycles. The second-order valence-electron chi connectivity index (χ2n) is 7.58. The Kier molecular flexibility index (Phi) is 7.82. The first-order valence-corrected chi connectivity index (χ1v) is 10.6. The topological polar surface area (TPSA) is 57.2 Å². The van der Waals surface area contributed by atoms with E-state index in [1.165, 1.54) is 0 Å². The molecule has 0 aromatic heterocycles. The van der Waals surface area contributed by atoms with Crippen molar-refractivity contribution in [3.63, 3.8) is 0 Å². The third-order valence-corrected chi connectivity index (χ3v) is 5.28. The van der Waals surface area contributed by atoms with Crippen molar-refractivity contribution in [3.05, 3.63) is 108 Å². The zero-order valence-corrected chi connectivity index (χ0v) is 17.4. The highest BCUT2D eigenvalue weighted by Crippen LogP contribution is 2.25. The van der Waals surface area contributed by atoms with Gasteiger partial charge in [0.25, 0.3) is 0 Å². The first kappa shape index (κ1) is 21.7. The van der Waals surface area contributed by atoms with E-state index < -0.39 is 18.5 Å². The van der Waals surface area contributed by atoms with Gasteiger partial charge >= 0.3 is 0 Å². The second kappa shape index (κ2) is 11.2. The molecule has 0 saturated carbocycles. The Balaban J connectivity index is 1.46. The summed E-state index contributed by atoms with van der Waals surface area (Å²) in [5.74, 6) is 0. The molecule has 31 heavy (non-hydrogen) atoms. The highest BCUT2D eigenvalue weighted by atomic mass is 16.7. The Morgan fingerprint density at radius 3 is 1.52 bits per heavy atom. The summed E-state index contributed by atoms with van der Waals surface area (Å²) in [6.07, 6.45) is -2.59. The minimum absolute atomic E-state index is 0.235. The standard InChI is InChI=1S/C26H28O5/c27-26-25(30-18-22-14-8-3-9-15-22)24(29-17-21-12-6-2-7-13-21)23(19-31-26)28-16-20-10-4-1-5-11-20/h1-15,23-27H,16-19H2/t23-,24+,25+,26-/m0/s1. The molecule has 0 bridgehead atoms. The zero-order valence-electron chi connectivity index (χ0n) is 17.4. The fourth-order valence-corrected chi connectivity index (χ4v) is 3.59. The van der Waals surface area contributed by atoms with Gasteiger partial charge in [-0.15, -0.1) is 0 Å². The van der Waals surface area contributed by atoms with Gasteiger partial charge in [0.15, 0.2) is 6.29 Å². The lowest BCUT2D eigenvalue weighted by molar-refractivity contribution is -0.286. The number of hydrogen-bond donors (Lipinski definition) is 1. The van der Waals surface area contributed by atoms with Crippen LogP contribution in [0.15, 0.2) is 91.0 Å². The Morgan fingerprint density at radius 2 is 1.03 bits per heavy atom. The summed E-state index contributed by atoms with van der Waals surface area (Å²) < 4.78 is 24.1. The predicted octanol–water partition coefficient (Wildman–Crippen LogP) is 4.09. The van der Waals surface area contributed by atoms with Crippen LogP contribution in [0.3, 0.4) is 0 Å².